The van der Waals surface area contributed by atoms with Crippen molar-refractivity contribution in [3.8, 4) is 0 Å². The number of aromatic nitrogens is 2. The molecular weight excluding hydrogens is 353 g/mol. The number of nitrogens with one attached hydrogen (secondary N) is 2. The first kappa shape index (κ1) is 16.5. The monoisotopic (exact) mass is 363 g/mol. The predicted molar refractivity (Wildman–Crippen MR) is 93.1 cm³/mol. The van der Waals surface area contributed by atoms with Crippen molar-refractivity contribution in [3.05, 3.63) is 63.7 Å². The Morgan fingerprint density at radius 2 is 2.08 bits per heavy atom. The number of rotatable bonds is 4. The molecule has 0 aliphatic carbocycles. The highest BCUT2D eigenvalue weighted by atomic mass is 35.5. The zero-order valence-electron chi connectivity index (χ0n) is 12.2. The van der Waals surface area contributed by atoms with Crippen molar-refractivity contribution in [1.82, 2.24) is 9.97 Å². The van der Waals surface area contributed by atoms with Crippen LogP contribution in [0, 0.1) is 5.82 Å². The van der Waals surface area contributed by atoms with E-state index in [1.807, 2.05) is 0 Å². The lowest BCUT2D eigenvalue weighted by Gasteiger charge is -2.06. The number of aromatic amines is 1. The van der Waals surface area contributed by atoms with Gasteiger partial charge in [-0.15, -0.1) is 0 Å². The number of carbonyl (C=O) groups excluding carboxylic acids is 1. The van der Waals surface area contributed by atoms with Gasteiger partial charge in [0.05, 0.1) is 21.7 Å². The van der Waals surface area contributed by atoms with Crippen molar-refractivity contribution in [1.29, 1.82) is 0 Å². The van der Waals surface area contributed by atoms with Crippen molar-refractivity contribution >= 4 is 45.9 Å². The van der Waals surface area contributed by atoms with Crippen molar-refractivity contribution in [2.75, 3.05) is 11.1 Å². The first-order valence-electron chi connectivity index (χ1n) is 6.90. The molecule has 0 atom stereocenters. The number of hydrogen-bond donors (Lipinski definition) is 2. The van der Waals surface area contributed by atoms with Crippen molar-refractivity contribution < 1.29 is 9.18 Å². The largest absolute Gasteiger partial charge is 0.325 e. The maximum atomic E-state index is 13.1. The molecule has 0 saturated carbocycles. The number of benzene rings is 2. The molecule has 0 unspecified atom stereocenters. The third-order valence-electron chi connectivity index (χ3n) is 3.13. The van der Waals surface area contributed by atoms with E-state index in [2.05, 4.69) is 15.3 Å². The molecule has 1 heterocycles. The first-order valence-corrected chi connectivity index (χ1v) is 8.26. The van der Waals surface area contributed by atoms with E-state index in [1.54, 1.807) is 24.3 Å². The van der Waals surface area contributed by atoms with Gasteiger partial charge in [-0.1, -0.05) is 35.5 Å². The van der Waals surface area contributed by atoms with E-state index in [0.717, 1.165) is 11.8 Å². The van der Waals surface area contributed by atoms with Gasteiger partial charge in [-0.3, -0.25) is 9.59 Å². The van der Waals surface area contributed by atoms with Gasteiger partial charge in [-0.25, -0.2) is 9.37 Å². The van der Waals surface area contributed by atoms with Crippen LogP contribution in [0.15, 0.2) is 52.4 Å². The number of thioether (sulfide) groups is 1. The molecule has 0 bridgehead atoms. The maximum absolute atomic E-state index is 13.1. The molecule has 122 valence electrons. The fourth-order valence-corrected chi connectivity index (χ4v) is 2.89. The van der Waals surface area contributed by atoms with Crippen LogP contribution in [0.1, 0.15) is 0 Å². The number of carbonyl (C=O) groups is 1. The SMILES string of the molecule is O=C(CSc1nc2ccccc2c(=O)[nH]1)Nc1ccc(F)c(Cl)c1. The van der Waals surface area contributed by atoms with E-state index in [-0.39, 0.29) is 22.2 Å². The third-order valence-corrected chi connectivity index (χ3v) is 4.30. The predicted octanol–water partition coefficient (Wildman–Crippen LogP) is 3.45. The van der Waals surface area contributed by atoms with Crippen LogP contribution in [0.5, 0.6) is 0 Å². The number of anilines is 1. The Labute approximate surface area is 145 Å². The Kier molecular flexibility index (Phi) is 4.82. The van der Waals surface area contributed by atoms with E-state index in [4.69, 9.17) is 11.6 Å². The lowest BCUT2D eigenvalue weighted by atomic mass is 10.2. The summed E-state index contributed by atoms with van der Waals surface area (Å²) in [5.74, 6) is -0.837. The second kappa shape index (κ2) is 7.02. The highest BCUT2D eigenvalue weighted by Gasteiger charge is 2.09. The van der Waals surface area contributed by atoms with Gasteiger partial charge in [0.15, 0.2) is 5.16 Å². The van der Waals surface area contributed by atoms with Crippen LogP contribution in [-0.2, 0) is 4.79 Å². The molecule has 0 radical (unpaired) electrons. The number of fused-ring (bicyclic) bond motifs is 1. The van der Waals surface area contributed by atoms with Gasteiger partial charge in [-0.05, 0) is 30.3 Å². The summed E-state index contributed by atoms with van der Waals surface area (Å²) in [4.78, 5) is 30.8. The van der Waals surface area contributed by atoms with Gasteiger partial charge < -0.3 is 10.3 Å². The molecule has 1 amide bonds. The molecule has 2 N–H and O–H groups in total. The summed E-state index contributed by atoms with van der Waals surface area (Å²) in [6.45, 7) is 0. The van der Waals surface area contributed by atoms with E-state index in [1.165, 1.54) is 18.2 Å². The van der Waals surface area contributed by atoms with Crippen LogP contribution in [0.2, 0.25) is 5.02 Å². The average molecular weight is 364 g/mol. The molecule has 2 aromatic carbocycles. The second-order valence-corrected chi connectivity index (χ2v) is 6.23. The summed E-state index contributed by atoms with van der Waals surface area (Å²) in [6, 6.07) is 10.9. The van der Waals surface area contributed by atoms with Crippen LogP contribution < -0.4 is 10.9 Å². The van der Waals surface area contributed by atoms with Crippen LogP contribution in [-0.4, -0.2) is 21.6 Å². The zero-order valence-corrected chi connectivity index (χ0v) is 13.7. The molecule has 5 nitrogen and oxygen atoms in total. The Morgan fingerprint density at radius 1 is 1.29 bits per heavy atom. The molecule has 0 aliphatic heterocycles. The van der Waals surface area contributed by atoms with E-state index < -0.39 is 5.82 Å². The van der Waals surface area contributed by atoms with Gasteiger partial charge in [-0.2, -0.15) is 0 Å². The summed E-state index contributed by atoms with van der Waals surface area (Å²) in [6.07, 6.45) is 0. The normalized spacial score (nSPS) is 10.8. The van der Waals surface area contributed by atoms with E-state index in [0.29, 0.717) is 21.7 Å². The molecular formula is C16H11ClFN3O2S. The summed E-state index contributed by atoms with van der Waals surface area (Å²) in [7, 11) is 0. The number of amides is 1. The van der Waals surface area contributed by atoms with Crippen LogP contribution >= 0.6 is 23.4 Å². The summed E-state index contributed by atoms with van der Waals surface area (Å²) in [5, 5.41) is 3.38. The molecule has 3 rings (SSSR count). The van der Waals surface area contributed by atoms with Gasteiger partial charge in [0.1, 0.15) is 5.82 Å². The summed E-state index contributed by atoms with van der Waals surface area (Å²) >= 11 is 6.76. The Balaban J connectivity index is 1.68. The Bertz CT molecular complexity index is 977. The van der Waals surface area contributed by atoms with Gasteiger partial charge in [0.25, 0.3) is 5.56 Å². The molecule has 0 saturated heterocycles. The molecule has 1 aromatic heterocycles. The minimum absolute atomic E-state index is 0.0380. The highest BCUT2D eigenvalue weighted by molar-refractivity contribution is 7.99. The number of halogens is 2. The smallest absolute Gasteiger partial charge is 0.259 e. The molecule has 0 fully saturated rings. The van der Waals surface area contributed by atoms with E-state index in [9.17, 15) is 14.0 Å². The fourth-order valence-electron chi connectivity index (χ4n) is 2.04. The zero-order chi connectivity index (χ0) is 17.1. The minimum atomic E-state index is -0.554. The van der Waals surface area contributed by atoms with Crippen molar-refractivity contribution in [2.24, 2.45) is 0 Å². The van der Waals surface area contributed by atoms with Gasteiger partial charge in [0.2, 0.25) is 5.91 Å². The number of H-pyrrole nitrogens is 1. The molecule has 24 heavy (non-hydrogen) atoms. The van der Waals surface area contributed by atoms with Crippen molar-refractivity contribution in [2.45, 2.75) is 5.16 Å². The number of hydrogen-bond acceptors (Lipinski definition) is 4. The number of para-hydroxylation sites is 1. The van der Waals surface area contributed by atoms with E-state index >= 15 is 0 Å². The molecule has 8 heteroatoms. The van der Waals surface area contributed by atoms with Gasteiger partial charge >= 0.3 is 0 Å². The van der Waals surface area contributed by atoms with Crippen LogP contribution in [0.3, 0.4) is 0 Å². The topological polar surface area (TPSA) is 74.8 Å². The third kappa shape index (κ3) is 3.74. The van der Waals surface area contributed by atoms with Crippen LogP contribution in [0.4, 0.5) is 10.1 Å². The van der Waals surface area contributed by atoms with Crippen molar-refractivity contribution in [3.63, 3.8) is 0 Å². The quantitative estimate of drug-likeness (QED) is 0.550. The first-order chi connectivity index (χ1) is 11.5. The fraction of sp³-hybridized carbons (Fsp3) is 0.0625. The maximum Gasteiger partial charge on any atom is 0.259 e. The number of nitrogens with zero attached hydrogens (tertiary/aromatic N) is 1. The summed E-state index contributed by atoms with van der Waals surface area (Å²) in [5.41, 5.74) is 0.704. The lowest BCUT2D eigenvalue weighted by Crippen LogP contribution is -2.15. The summed E-state index contributed by atoms with van der Waals surface area (Å²) < 4.78 is 13.1. The lowest BCUT2D eigenvalue weighted by molar-refractivity contribution is -0.113. The van der Waals surface area contributed by atoms with Gasteiger partial charge in [0, 0.05) is 5.69 Å². The van der Waals surface area contributed by atoms with Crippen LogP contribution in [0.25, 0.3) is 10.9 Å². The Morgan fingerprint density at radius 3 is 2.88 bits per heavy atom. The average Bonchev–Trinajstić information content (AvgIpc) is 2.56. The Hall–Kier alpha value is -2.38. The molecule has 3 aromatic rings. The second-order valence-electron chi connectivity index (χ2n) is 4.85. The minimum Gasteiger partial charge on any atom is -0.325 e. The molecule has 0 spiro atoms. The standard InChI is InChI=1S/C16H11ClFN3O2S/c17-11-7-9(5-6-12(11)18)19-14(22)8-24-16-20-13-4-2-1-3-10(13)15(23)21-16/h1-7H,8H2,(H,19,22)(H,20,21,23). The highest BCUT2D eigenvalue weighted by Crippen LogP contribution is 2.20. The molecule has 0 aliphatic rings.